The molecule has 0 spiro atoms. The Bertz CT molecular complexity index is 684. The summed E-state index contributed by atoms with van der Waals surface area (Å²) in [6.07, 6.45) is 0. The molecule has 2 aromatic carbocycles. The van der Waals surface area contributed by atoms with Crippen LogP contribution in [0.1, 0.15) is 23.6 Å². The van der Waals surface area contributed by atoms with Crippen LogP contribution in [0.2, 0.25) is 5.02 Å². The second-order valence-electron chi connectivity index (χ2n) is 6.56. The fourth-order valence-electron chi connectivity index (χ4n) is 3.04. The molecule has 0 amide bonds. The Labute approximate surface area is 149 Å². The third-order valence-corrected chi connectivity index (χ3v) is 4.83. The minimum Gasteiger partial charge on any atom is -0.328 e. The van der Waals surface area contributed by atoms with Gasteiger partial charge in [0.15, 0.2) is 0 Å². The lowest BCUT2D eigenvalue weighted by atomic mass is 10.1. The molecule has 4 heteroatoms. The van der Waals surface area contributed by atoms with E-state index in [4.69, 9.17) is 16.7 Å². The van der Waals surface area contributed by atoms with Crippen molar-refractivity contribution in [1.82, 2.24) is 5.01 Å². The number of hydrazone groups is 1. The van der Waals surface area contributed by atoms with Crippen molar-refractivity contribution in [2.24, 2.45) is 5.10 Å². The number of aryl methyl sites for hydroxylation is 1. The molecule has 0 atom stereocenters. The van der Waals surface area contributed by atoms with Gasteiger partial charge in [0.25, 0.3) is 0 Å². The molecule has 1 heterocycles. The molecule has 1 aliphatic rings. The zero-order valence-corrected chi connectivity index (χ0v) is 15.2. The highest BCUT2D eigenvalue weighted by atomic mass is 35.5. The average molecular weight is 343 g/mol. The van der Waals surface area contributed by atoms with E-state index in [0.29, 0.717) is 0 Å². The Hall–Kier alpha value is -1.84. The van der Waals surface area contributed by atoms with Crippen molar-refractivity contribution in [2.75, 3.05) is 26.2 Å². The van der Waals surface area contributed by atoms with Gasteiger partial charge in [-0.3, -0.25) is 5.01 Å². The monoisotopic (exact) mass is 342 g/mol. The summed E-state index contributed by atoms with van der Waals surface area (Å²) in [5.41, 5.74) is 4.93. The standard InChI is InChI=1S/C20H24ClN3/c1-16-3-5-18(6-4-16)15-23-11-13-24(14-12-23)22-17(2)19-7-9-20(21)10-8-19/h3-10H,11-15H2,1-2H3/p+1/b22-17+. The van der Waals surface area contributed by atoms with Crippen molar-refractivity contribution in [3.05, 3.63) is 70.2 Å². The minimum absolute atomic E-state index is 0.764. The van der Waals surface area contributed by atoms with Gasteiger partial charge in [0, 0.05) is 10.6 Å². The van der Waals surface area contributed by atoms with Crippen LogP contribution < -0.4 is 4.90 Å². The molecule has 1 saturated heterocycles. The molecule has 1 N–H and O–H groups in total. The van der Waals surface area contributed by atoms with Crippen LogP contribution in [0.4, 0.5) is 0 Å². The van der Waals surface area contributed by atoms with E-state index >= 15 is 0 Å². The summed E-state index contributed by atoms with van der Waals surface area (Å²) in [5, 5.41) is 7.74. The highest BCUT2D eigenvalue weighted by molar-refractivity contribution is 6.30. The van der Waals surface area contributed by atoms with Gasteiger partial charge in [0.2, 0.25) is 0 Å². The fourth-order valence-corrected chi connectivity index (χ4v) is 3.17. The van der Waals surface area contributed by atoms with Crippen LogP contribution in [0.15, 0.2) is 53.6 Å². The van der Waals surface area contributed by atoms with Gasteiger partial charge in [0.05, 0.1) is 31.9 Å². The number of nitrogens with zero attached hydrogens (tertiary/aromatic N) is 2. The highest BCUT2D eigenvalue weighted by Gasteiger charge is 2.19. The third-order valence-electron chi connectivity index (χ3n) is 4.58. The van der Waals surface area contributed by atoms with Crippen LogP contribution >= 0.6 is 11.6 Å². The van der Waals surface area contributed by atoms with Gasteiger partial charge in [-0.05, 0) is 31.5 Å². The van der Waals surface area contributed by atoms with Crippen molar-refractivity contribution in [2.45, 2.75) is 20.4 Å². The average Bonchev–Trinajstić information content (AvgIpc) is 2.59. The molecule has 126 valence electrons. The lowest BCUT2D eigenvalue weighted by Crippen LogP contribution is -3.13. The Balaban J connectivity index is 1.53. The maximum absolute atomic E-state index is 5.95. The molecule has 0 bridgehead atoms. The van der Waals surface area contributed by atoms with E-state index in [2.05, 4.69) is 43.1 Å². The predicted octanol–water partition coefficient (Wildman–Crippen LogP) is 2.77. The first kappa shape index (κ1) is 17.0. The zero-order valence-electron chi connectivity index (χ0n) is 14.4. The van der Waals surface area contributed by atoms with Crippen LogP contribution in [-0.4, -0.2) is 36.9 Å². The molecule has 1 fully saturated rings. The number of benzene rings is 2. The molecule has 3 rings (SSSR count). The van der Waals surface area contributed by atoms with Crippen LogP contribution in [-0.2, 0) is 6.54 Å². The van der Waals surface area contributed by atoms with E-state index in [-0.39, 0.29) is 0 Å². The molecule has 0 radical (unpaired) electrons. The number of hydrogen-bond donors (Lipinski definition) is 1. The van der Waals surface area contributed by atoms with E-state index in [0.717, 1.165) is 49.0 Å². The first-order chi connectivity index (χ1) is 11.6. The Morgan fingerprint density at radius 2 is 1.67 bits per heavy atom. The van der Waals surface area contributed by atoms with Crippen LogP contribution in [0.3, 0.4) is 0 Å². The molecule has 24 heavy (non-hydrogen) atoms. The normalized spacial score (nSPS) is 16.5. The van der Waals surface area contributed by atoms with Gasteiger partial charge in [0.1, 0.15) is 6.54 Å². The van der Waals surface area contributed by atoms with Crippen LogP contribution in [0.25, 0.3) is 0 Å². The summed E-state index contributed by atoms with van der Waals surface area (Å²) < 4.78 is 0. The number of halogens is 1. The van der Waals surface area contributed by atoms with Gasteiger partial charge in [-0.2, -0.15) is 5.10 Å². The van der Waals surface area contributed by atoms with Crippen molar-refractivity contribution < 1.29 is 4.90 Å². The third kappa shape index (κ3) is 4.59. The van der Waals surface area contributed by atoms with Gasteiger partial charge >= 0.3 is 0 Å². The predicted molar refractivity (Wildman–Crippen MR) is 101 cm³/mol. The minimum atomic E-state index is 0.764. The molecule has 3 nitrogen and oxygen atoms in total. The van der Waals surface area contributed by atoms with Gasteiger partial charge in [-0.25, -0.2) is 0 Å². The second-order valence-corrected chi connectivity index (χ2v) is 6.99. The van der Waals surface area contributed by atoms with E-state index in [1.54, 1.807) is 4.90 Å². The summed E-state index contributed by atoms with van der Waals surface area (Å²) >= 11 is 5.95. The van der Waals surface area contributed by atoms with E-state index in [9.17, 15) is 0 Å². The van der Waals surface area contributed by atoms with E-state index in [1.165, 1.54) is 11.1 Å². The van der Waals surface area contributed by atoms with E-state index < -0.39 is 0 Å². The highest BCUT2D eigenvalue weighted by Crippen LogP contribution is 2.11. The van der Waals surface area contributed by atoms with Crippen molar-refractivity contribution in [3.63, 3.8) is 0 Å². The largest absolute Gasteiger partial charge is 0.328 e. The SMILES string of the molecule is C/C(=N\N1CC[NH+](Cc2ccc(C)cc2)CC1)c1ccc(Cl)cc1. The maximum Gasteiger partial charge on any atom is 0.103 e. The number of piperazine rings is 1. The lowest BCUT2D eigenvalue weighted by molar-refractivity contribution is -0.918. The molecule has 0 aliphatic carbocycles. The summed E-state index contributed by atoms with van der Waals surface area (Å²) in [5.74, 6) is 0. The summed E-state index contributed by atoms with van der Waals surface area (Å²) in [4.78, 5) is 1.63. The number of nitrogens with one attached hydrogen (secondary N) is 1. The van der Waals surface area contributed by atoms with Crippen molar-refractivity contribution in [3.8, 4) is 0 Å². The maximum atomic E-state index is 5.95. The Morgan fingerprint density at radius 3 is 2.29 bits per heavy atom. The first-order valence-corrected chi connectivity index (χ1v) is 8.93. The van der Waals surface area contributed by atoms with Crippen LogP contribution in [0, 0.1) is 6.92 Å². The number of hydrogen-bond acceptors (Lipinski definition) is 2. The molecule has 1 aliphatic heterocycles. The zero-order chi connectivity index (χ0) is 16.9. The molecule has 0 saturated carbocycles. The summed E-state index contributed by atoms with van der Waals surface area (Å²) in [7, 11) is 0. The van der Waals surface area contributed by atoms with E-state index in [1.807, 2.05) is 24.3 Å². The summed E-state index contributed by atoms with van der Waals surface area (Å²) in [6.45, 7) is 9.58. The lowest BCUT2D eigenvalue weighted by Gasteiger charge is -2.31. The molecule has 2 aromatic rings. The Morgan fingerprint density at radius 1 is 1.04 bits per heavy atom. The second kappa shape index (κ2) is 7.82. The van der Waals surface area contributed by atoms with Crippen molar-refractivity contribution in [1.29, 1.82) is 0 Å². The molecular weight excluding hydrogens is 318 g/mol. The first-order valence-electron chi connectivity index (χ1n) is 8.55. The van der Waals surface area contributed by atoms with Gasteiger partial charge < -0.3 is 4.90 Å². The quantitative estimate of drug-likeness (QED) is 0.847. The van der Waals surface area contributed by atoms with Crippen LogP contribution in [0.5, 0.6) is 0 Å². The smallest absolute Gasteiger partial charge is 0.103 e. The van der Waals surface area contributed by atoms with Crippen molar-refractivity contribution >= 4 is 17.3 Å². The number of quaternary nitrogens is 1. The van der Waals surface area contributed by atoms with Gasteiger partial charge in [-0.15, -0.1) is 0 Å². The molecular formula is C20H25ClN3+. The summed E-state index contributed by atoms with van der Waals surface area (Å²) in [6, 6.07) is 16.8. The number of rotatable bonds is 4. The topological polar surface area (TPSA) is 20.0 Å². The molecule has 0 aromatic heterocycles. The fraction of sp³-hybridized carbons (Fsp3) is 0.350. The van der Waals surface area contributed by atoms with Gasteiger partial charge in [-0.1, -0.05) is 53.6 Å². The molecule has 0 unspecified atom stereocenters. The Kier molecular flexibility index (Phi) is 5.54.